The number of fused-ring (bicyclic) bond motifs is 1. The lowest BCUT2D eigenvalue weighted by Crippen LogP contribution is -2.12. The maximum atomic E-state index is 10.9. The number of carbonyl (C=O) groups is 1. The molecule has 0 atom stereocenters. The van der Waals surface area contributed by atoms with E-state index < -0.39 is 5.91 Å². The second-order valence-corrected chi connectivity index (χ2v) is 2.56. The van der Waals surface area contributed by atoms with Gasteiger partial charge in [0.25, 0.3) is 5.91 Å². The second kappa shape index (κ2) is 2.78. The van der Waals surface area contributed by atoms with Gasteiger partial charge < -0.3 is 11.1 Å². The Bertz CT molecular complexity index is 402. The van der Waals surface area contributed by atoms with E-state index >= 15 is 0 Å². The number of nitrogens with zero attached hydrogens (tertiary/aromatic N) is 2. The number of hydrogen-bond acceptors (Lipinski definition) is 3. The Morgan fingerprint density at radius 3 is 3.15 bits per heavy atom. The van der Waals surface area contributed by atoms with Crippen LogP contribution in [0.3, 0.4) is 0 Å². The fourth-order valence-corrected chi connectivity index (χ4v) is 1.11. The number of aromatic nitrogens is 2. The van der Waals surface area contributed by atoms with Gasteiger partial charge in [-0.1, -0.05) is 0 Å². The van der Waals surface area contributed by atoms with Gasteiger partial charge in [-0.25, -0.2) is 4.68 Å². The molecule has 1 aliphatic rings. The first-order chi connectivity index (χ1) is 6.29. The Morgan fingerprint density at radius 1 is 1.54 bits per heavy atom. The minimum atomic E-state index is -0.488. The van der Waals surface area contributed by atoms with Gasteiger partial charge in [0, 0.05) is 12.4 Å². The maximum absolute atomic E-state index is 10.9. The molecule has 0 aliphatic carbocycles. The van der Waals surface area contributed by atoms with Crippen molar-refractivity contribution in [1.82, 2.24) is 9.78 Å². The first-order valence-electron chi connectivity index (χ1n) is 3.76. The highest BCUT2D eigenvalue weighted by Crippen LogP contribution is 2.16. The molecule has 2 rings (SSSR count). The van der Waals surface area contributed by atoms with E-state index in [0.717, 1.165) is 0 Å². The summed E-state index contributed by atoms with van der Waals surface area (Å²) in [4.78, 5) is 10.9. The van der Waals surface area contributed by atoms with E-state index in [4.69, 9.17) is 5.73 Å². The average Bonchev–Trinajstić information content (AvgIpc) is 2.36. The van der Waals surface area contributed by atoms with E-state index in [2.05, 4.69) is 10.4 Å². The van der Waals surface area contributed by atoms with E-state index in [1.807, 2.05) is 0 Å². The SMILES string of the molecule is NC(=O)c1cnn2c1NC=CC=C2. The van der Waals surface area contributed by atoms with Gasteiger partial charge in [-0.3, -0.25) is 4.79 Å². The smallest absolute Gasteiger partial charge is 0.254 e. The Morgan fingerprint density at radius 2 is 2.38 bits per heavy atom. The zero-order chi connectivity index (χ0) is 9.26. The van der Waals surface area contributed by atoms with Crippen molar-refractivity contribution in [2.24, 2.45) is 5.73 Å². The molecule has 0 saturated heterocycles. The van der Waals surface area contributed by atoms with Gasteiger partial charge in [0.15, 0.2) is 0 Å². The molecule has 0 aromatic carbocycles. The normalized spacial score (nSPS) is 13.2. The molecule has 0 fully saturated rings. The average molecular weight is 176 g/mol. The van der Waals surface area contributed by atoms with Crippen molar-refractivity contribution < 1.29 is 4.79 Å². The van der Waals surface area contributed by atoms with Crippen LogP contribution in [0.15, 0.2) is 24.5 Å². The molecular weight excluding hydrogens is 168 g/mol. The summed E-state index contributed by atoms with van der Waals surface area (Å²) in [6.45, 7) is 0. The van der Waals surface area contributed by atoms with Gasteiger partial charge in [0.2, 0.25) is 0 Å². The predicted molar refractivity (Wildman–Crippen MR) is 48.8 cm³/mol. The van der Waals surface area contributed by atoms with Crippen LogP contribution in [-0.4, -0.2) is 15.7 Å². The van der Waals surface area contributed by atoms with E-state index in [1.54, 1.807) is 29.2 Å². The molecule has 66 valence electrons. The number of anilines is 1. The van der Waals surface area contributed by atoms with E-state index in [0.29, 0.717) is 11.4 Å². The quantitative estimate of drug-likeness (QED) is 0.650. The Labute approximate surface area is 74.5 Å². The zero-order valence-corrected chi connectivity index (χ0v) is 6.77. The molecule has 0 unspecified atom stereocenters. The van der Waals surface area contributed by atoms with Crippen LogP contribution in [-0.2, 0) is 0 Å². The first-order valence-corrected chi connectivity index (χ1v) is 3.76. The van der Waals surface area contributed by atoms with E-state index in [9.17, 15) is 4.79 Å². The number of primary amides is 1. The standard InChI is InChI=1S/C8H8N4O/c9-7(13)6-5-11-12-4-2-1-3-10-8(6)12/h1-5,10H,(H2,9,13). The molecule has 0 bridgehead atoms. The fraction of sp³-hybridized carbons (Fsp3) is 0. The summed E-state index contributed by atoms with van der Waals surface area (Å²) in [6.07, 6.45) is 8.50. The highest BCUT2D eigenvalue weighted by molar-refractivity contribution is 5.98. The lowest BCUT2D eigenvalue weighted by atomic mass is 10.3. The summed E-state index contributed by atoms with van der Waals surface area (Å²) in [5.41, 5.74) is 5.54. The second-order valence-electron chi connectivity index (χ2n) is 2.56. The molecule has 1 aliphatic heterocycles. The van der Waals surface area contributed by atoms with E-state index in [-0.39, 0.29) is 0 Å². The number of allylic oxidation sites excluding steroid dienone is 2. The topological polar surface area (TPSA) is 72.9 Å². The van der Waals surface area contributed by atoms with Crippen LogP contribution in [0.2, 0.25) is 0 Å². The molecule has 5 nitrogen and oxygen atoms in total. The van der Waals surface area contributed by atoms with Gasteiger partial charge in [-0.2, -0.15) is 5.10 Å². The van der Waals surface area contributed by atoms with Gasteiger partial charge in [0.05, 0.1) is 6.20 Å². The lowest BCUT2D eigenvalue weighted by Gasteiger charge is -2.01. The number of carbonyl (C=O) groups excluding carboxylic acids is 1. The minimum absolute atomic E-state index is 0.385. The van der Waals surface area contributed by atoms with Crippen LogP contribution < -0.4 is 11.1 Å². The zero-order valence-electron chi connectivity index (χ0n) is 6.77. The first kappa shape index (κ1) is 7.60. The van der Waals surface area contributed by atoms with Crippen LogP contribution in [0.4, 0.5) is 5.82 Å². The van der Waals surface area contributed by atoms with Crippen molar-refractivity contribution in [3.05, 3.63) is 30.1 Å². The number of amides is 1. The Balaban J connectivity index is 2.53. The third-order valence-corrected chi connectivity index (χ3v) is 1.72. The number of nitrogens with one attached hydrogen (secondary N) is 1. The monoisotopic (exact) mass is 176 g/mol. The van der Waals surface area contributed by atoms with Crippen molar-refractivity contribution in [1.29, 1.82) is 0 Å². The molecule has 1 aromatic heterocycles. The molecule has 0 saturated carbocycles. The van der Waals surface area contributed by atoms with Crippen LogP contribution >= 0.6 is 0 Å². The summed E-state index contributed by atoms with van der Waals surface area (Å²) in [5.74, 6) is 0.106. The Kier molecular flexibility index (Phi) is 1.63. The van der Waals surface area contributed by atoms with E-state index in [1.165, 1.54) is 6.20 Å². The van der Waals surface area contributed by atoms with Gasteiger partial charge in [0.1, 0.15) is 11.4 Å². The number of nitrogens with two attached hydrogens (primary N) is 1. The minimum Gasteiger partial charge on any atom is -0.365 e. The number of hydrogen-bond donors (Lipinski definition) is 2. The predicted octanol–water partition coefficient (Wildman–Crippen LogP) is 0.392. The molecule has 5 heteroatoms. The molecule has 0 spiro atoms. The van der Waals surface area contributed by atoms with Crippen LogP contribution in [0, 0.1) is 0 Å². The van der Waals surface area contributed by atoms with Crippen molar-refractivity contribution in [2.45, 2.75) is 0 Å². The maximum Gasteiger partial charge on any atom is 0.254 e. The molecule has 1 aromatic rings. The number of rotatable bonds is 1. The molecule has 3 N–H and O–H groups in total. The van der Waals surface area contributed by atoms with Crippen molar-refractivity contribution in [2.75, 3.05) is 5.32 Å². The van der Waals surface area contributed by atoms with Crippen LogP contribution in [0.1, 0.15) is 10.4 Å². The third kappa shape index (κ3) is 1.20. The van der Waals surface area contributed by atoms with Crippen LogP contribution in [0.5, 0.6) is 0 Å². The fourth-order valence-electron chi connectivity index (χ4n) is 1.11. The summed E-state index contributed by atoms with van der Waals surface area (Å²) in [5, 5.41) is 6.88. The molecular formula is C8H8N4O. The summed E-state index contributed by atoms with van der Waals surface area (Å²) >= 11 is 0. The highest BCUT2D eigenvalue weighted by Gasteiger charge is 2.13. The lowest BCUT2D eigenvalue weighted by molar-refractivity contribution is 0.100. The summed E-state index contributed by atoms with van der Waals surface area (Å²) < 4.78 is 1.56. The summed E-state index contributed by atoms with van der Waals surface area (Å²) in [7, 11) is 0. The third-order valence-electron chi connectivity index (χ3n) is 1.72. The molecule has 1 amide bonds. The van der Waals surface area contributed by atoms with Gasteiger partial charge in [-0.05, 0) is 12.2 Å². The van der Waals surface area contributed by atoms with Crippen molar-refractivity contribution in [3.63, 3.8) is 0 Å². The van der Waals surface area contributed by atoms with Gasteiger partial charge >= 0.3 is 0 Å². The van der Waals surface area contributed by atoms with Crippen molar-refractivity contribution >= 4 is 17.9 Å². The largest absolute Gasteiger partial charge is 0.365 e. The molecule has 0 radical (unpaired) electrons. The molecule has 2 heterocycles. The van der Waals surface area contributed by atoms with Crippen LogP contribution in [0.25, 0.3) is 6.20 Å². The van der Waals surface area contributed by atoms with Gasteiger partial charge in [-0.15, -0.1) is 0 Å². The highest BCUT2D eigenvalue weighted by atomic mass is 16.1. The summed E-state index contributed by atoms with van der Waals surface area (Å²) in [6, 6.07) is 0. The van der Waals surface area contributed by atoms with Crippen molar-refractivity contribution in [3.8, 4) is 0 Å². The Hall–Kier alpha value is -2.04. The molecule has 13 heavy (non-hydrogen) atoms.